The van der Waals surface area contributed by atoms with Gasteiger partial charge in [0.2, 0.25) is 0 Å². The van der Waals surface area contributed by atoms with Crippen molar-refractivity contribution in [3.63, 3.8) is 0 Å². The van der Waals surface area contributed by atoms with Crippen molar-refractivity contribution in [2.75, 3.05) is 26.7 Å². The number of rotatable bonds is 6. The summed E-state index contributed by atoms with van der Waals surface area (Å²) in [5.41, 5.74) is 0.816. The molecular weight excluding hydrogens is 239 g/mol. The number of carboxylic acid groups (broad SMARTS) is 1. The number of hydrogen-bond donors (Lipinski definition) is 0. The van der Waals surface area contributed by atoms with Crippen LogP contribution in [0.2, 0.25) is 0 Å². The third-order valence-corrected chi connectivity index (χ3v) is 3.18. The first-order valence-corrected chi connectivity index (χ1v) is 6.11. The van der Waals surface area contributed by atoms with Crippen LogP contribution in [0.25, 0.3) is 0 Å². The summed E-state index contributed by atoms with van der Waals surface area (Å²) in [5, 5.41) is 10.7. The maximum Gasteiger partial charge on any atom is 1.00 e. The number of methoxy groups -OCH3 is 1. The average Bonchev–Trinajstić information content (AvgIpc) is 2.32. The van der Waals surface area contributed by atoms with Crippen molar-refractivity contribution in [2.45, 2.75) is 18.9 Å². The summed E-state index contributed by atoms with van der Waals surface area (Å²) in [6.07, 6.45) is 2.14. The van der Waals surface area contributed by atoms with Crippen LogP contribution in [0, 0.1) is 0 Å². The molecule has 2 heterocycles. The van der Waals surface area contributed by atoms with E-state index in [0.29, 0.717) is 6.10 Å². The number of aryl methyl sites for hydroxylation is 1. The maximum absolute atomic E-state index is 10.7. The first-order chi connectivity index (χ1) is 8.69. The van der Waals surface area contributed by atoms with E-state index in [0.717, 1.165) is 38.2 Å². The van der Waals surface area contributed by atoms with Crippen molar-refractivity contribution in [3.8, 4) is 0 Å². The Bertz CT molecular complexity index is 422. The van der Waals surface area contributed by atoms with Gasteiger partial charge in [0.1, 0.15) is 0 Å². The standard InChI is InChI=1S/C13H18N2O3.Li/c1-18-11-8-15(9-11)7-3-5-10-4-2-6-12(14-10)13(16)17;/h2,4,6,11H,3,5,7-9H2,1H3,(H,16,17);/q;+1/p-1. The Balaban J connectivity index is 0.00000180. The van der Waals surface area contributed by atoms with E-state index >= 15 is 0 Å². The van der Waals surface area contributed by atoms with Gasteiger partial charge in [0.15, 0.2) is 0 Å². The second-order valence-electron chi connectivity index (χ2n) is 4.52. The second kappa shape index (κ2) is 7.66. The number of carbonyl (C=O) groups is 1. The molecule has 0 unspecified atom stereocenters. The molecule has 1 aliphatic heterocycles. The molecule has 0 amide bonds. The van der Waals surface area contributed by atoms with Gasteiger partial charge in [-0.1, -0.05) is 6.07 Å². The van der Waals surface area contributed by atoms with Crippen molar-refractivity contribution < 1.29 is 33.5 Å². The first kappa shape index (κ1) is 16.2. The zero-order valence-corrected chi connectivity index (χ0v) is 11.5. The fourth-order valence-corrected chi connectivity index (χ4v) is 2.07. The SMILES string of the molecule is COC1CN(CCCc2cccc(C(=O)[O-])n2)C1.[Li+]. The van der Waals surface area contributed by atoms with E-state index < -0.39 is 5.97 Å². The van der Waals surface area contributed by atoms with Crippen molar-refractivity contribution in [3.05, 3.63) is 29.6 Å². The second-order valence-corrected chi connectivity index (χ2v) is 4.52. The van der Waals surface area contributed by atoms with Crippen molar-refractivity contribution in [1.29, 1.82) is 0 Å². The van der Waals surface area contributed by atoms with Gasteiger partial charge in [-0.2, -0.15) is 0 Å². The molecule has 0 aromatic carbocycles. The van der Waals surface area contributed by atoms with Crippen LogP contribution in [0.15, 0.2) is 18.2 Å². The number of aromatic carboxylic acids is 1. The summed E-state index contributed by atoms with van der Waals surface area (Å²) in [7, 11) is 1.73. The molecule has 6 heteroatoms. The molecule has 0 bridgehead atoms. The Labute approximate surface area is 125 Å². The van der Waals surface area contributed by atoms with Gasteiger partial charge in [0.25, 0.3) is 0 Å². The first-order valence-electron chi connectivity index (χ1n) is 6.11. The Hall–Kier alpha value is -0.863. The van der Waals surface area contributed by atoms with Crippen LogP contribution in [-0.2, 0) is 11.2 Å². The van der Waals surface area contributed by atoms with E-state index in [4.69, 9.17) is 4.74 Å². The van der Waals surface area contributed by atoms with E-state index in [-0.39, 0.29) is 24.6 Å². The smallest absolute Gasteiger partial charge is 0.543 e. The molecule has 0 N–H and O–H groups in total. The van der Waals surface area contributed by atoms with Crippen LogP contribution < -0.4 is 24.0 Å². The molecule has 1 aromatic heterocycles. The minimum Gasteiger partial charge on any atom is -0.543 e. The third kappa shape index (κ3) is 4.63. The van der Waals surface area contributed by atoms with E-state index in [9.17, 15) is 9.90 Å². The Morgan fingerprint density at radius 2 is 2.26 bits per heavy atom. The van der Waals surface area contributed by atoms with Crippen LogP contribution in [-0.4, -0.2) is 48.7 Å². The Morgan fingerprint density at radius 3 is 2.89 bits per heavy atom. The number of likely N-dealkylation sites (tertiary alicyclic amines) is 1. The fraction of sp³-hybridized carbons (Fsp3) is 0.538. The van der Waals surface area contributed by atoms with Gasteiger partial charge in [-0.15, -0.1) is 0 Å². The van der Waals surface area contributed by atoms with Crippen LogP contribution in [0.5, 0.6) is 0 Å². The Kier molecular flexibility index (Phi) is 6.53. The molecule has 19 heavy (non-hydrogen) atoms. The predicted molar refractivity (Wildman–Crippen MR) is 64.1 cm³/mol. The quantitative estimate of drug-likeness (QED) is 0.499. The van der Waals surface area contributed by atoms with Crippen LogP contribution in [0.1, 0.15) is 22.6 Å². The van der Waals surface area contributed by atoms with Crippen LogP contribution in [0.4, 0.5) is 0 Å². The maximum atomic E-state index is 10.7. The van der Waals surface area contributed by atoms with E-state index in [1.165, 1.54) is 6.07 Å². The zero-order valence-electron chi connectivity index (χ0n) is 11.5. The molecule has 0 saturated carbocycles. The molecule has 98 valence electrons. The number of hydrogen-bond acceptors (Lipinski definition) is 5. The summed E-state index contributed by atoms with van der Waals surface area (Å²) in [6, 6.07) is 5.01. The van der Waals surface area contributed by atoms with Crippen molar-refractivity contribution in [1.82, 2.24) is 9.88 Å². The molecule has 0 radical (unpaired) electrons. The summed E-state index contributed by atoms with van der Waals surface area (Å²) >= 11 is 0. The molecule has 1 fully saturated rings. The summed E-state index contributed by atoms with van der Waals surface area (Å²) in [6.45, 7) is 2.98. The minimum absolute atomic E-state index is 0. The number of nitrogens with zero attached hydrogens (tertiary/aromatic N) is 2. The van der Waals surface area contributed by atoms with Crippen molar-refractivity contribution in [2.24, 2.45) is 0 Å². The topological polar surface area (TPSA) is 65.5 Å². The fourth-order valence-electron chi connectivity index (χ4n) is 2.07. The summed E-state index contributed by atoms with van der Waals surface area (Å²) in [5.74, 6) is -1.22. The number of aromatic nitrogens is 1. The molecule has 1 aliphatic rings. The van der Waals surface area contributed by atoms with Gasteiger partial charge >= 0.3 is 18.9 Å². The van der Waals surface area contributed by atoms with E-state index in [2.05, 4.69) is 9.88 Å². The normalized spacial score (nSPS) is 15.6. The zero-order chi connectivity index (χ0) is 13.0. The predicted octanol–water partition coefficient (Wildman–Crippen LogP) is -3.29. The monoisotopic (exact) mass is 256 g/mol. The summed E-state index contributed by atoms with van der Waals surface area (Å²) < 4.78 is 5.20. The van der Waals surface area contributed by atoms with Crippen LogP contribution >= 0.6 is 0 Å². The number of ether oxygens (including phenoxy) is 1. The number of carboxylic acids is 1. The van der Waals surface area contributed by atoms with Crippen molar-refractivity contribution >= 4 is 5.97 Å². The van der Waals surface area contributed by atoms with Gasteiger partial charge in [0.05, 0.1) is 17.8 Å². The van der Waals surface area contributed by atoms with E-state index in [1.807, 2.05) is 6.07 Å². The third-order valence-electron chi connectivity index (χ3n) is 3.18. The van der Waals surface area contributed by atoms with Gasteiger partial charge < -0.3 is 14.6 Å². The molecular formula is C13H17LiN2O3. The molecule has 0 aliphatic carbocycles. The molecule has 0 atom stereocenters. The minimum atomic E-state index is -1.22. The molecule has 1 aromatic rings. The van der Waals surface area contributed by atoms with E-state index in [1.54, 1.807) is 13.2 Å². The largest absolute Gasteiger partial charge is 1.00 e. The van der Waals surface area contributed by atoms with Gasteiger partial charge in [0, 0.05) is 25.9 Å². The number of carbonyl (C=O) groups excluding carboxylic acids is 1. The molecule has 2 rings (SSSR count). The van der Waals surface area contributed by atoms with Gasteiger partial charge in [-0.3, -0.25) is 9.88 Å². The summed E-state index contributed by atoms with van der Waals surface area (Å²) in [4.78, 5) is 17.0. The van der Waals surface area contributed by atoms with Gasteiger partial charge in [-0.25, -0.2) is 0 Å². The molecule has 1 saturated heterocycles. The number of pyridine rings is 1. The Morgan fingerprint density at radius 1 is 1.53 bits per heavy atom. The molecule has 5 nitrogen and oxygen atoms in total. The average molecular weight is 256 g/mol. The molecule has 0 spiro atoms. The van der Waals surface area contributed by atoms with Crippen LogP contribution in [0.3, 0.4) is 0 Å². The van der Waals surface area contributed by atoms with Gasteiger partial charge in [-0.05, 0) is 31.5 Å².